The molecule has 2 fully saturated rings. The summed E-state index contributed by atoms with van der Waals surface area (Å²) in [7, 11) is 0. The highest BCUT2D eigenvalue weighted by Gasteiger charge is 2.22. The minimum atomic E-state index is 0. The molecule has 2 aliphatic rings. The fourth-order valence-corrected chi connectivity index (χ4v) is 5.83. The summed E-state index contributed by atoms with van der Waals surface area (Å²) in [5, 5.41) is 8.45. The topological polar surface area (TPSA) is 170 Å². The second kappa shape index (κ2) is 23.9. The van der Waals surface area contributed by atoms with Gasteiger partial charge in [-0.1, -0.05) is 25.7 Å². The van der Waals surface area contributed by atoms with E-state index in [2.05, 4.69) is 20.1 Å². The molecule has 0 radical (unpaired) electrons. The fraction of sp³-hybridized carbons (Fsp3) is 0.862. The number of amides is 1. The van der Waals surface area contributed by atoms with E-state index in [0.717, 1.165) is 83.2 Å². The fourth-order valence-electron chi connectivity index (χ4n) is 5.83. The number of guanidine groups is 1. The molecule has 2 rings (SSSR count). The number of halogens is 2. The Bertz CT molecular complexity index is 751. The molecule has 0 aliphatic carbocycles. The molecule has 0 aromatic heterocycles. The minimum absolute atomic E-state index is 0. The van der Waals surface area contributed by atoms with E-state index in [0.29, 0.717) is 44.0 Å². The van der Waals surface area contributed by atoms with Crippen LogP contribution in [0.4, 0.5) is 0 Å². The number of likely N-dealkylation sites (tertiary alicyclic amines) is 2. The molecule has 0 spiro atoms. The summed E-state index contributed by atoms with van der Waals surface area (Å²) in [4.78, 5) is 32.0. The van der Waals surface area contributed by atoms with Crippen molar-refractivity contribution in [2.45, 2.75) is 96.3 Å². The Morgan fingerprint density at radius 1 is 0.732 bits per heavy atom. The summed E-state index contributed by atoms with van der Waals surface area (Å²) in [6.07, 6.45) is 15.6. The summed E-state index contributed by atoms with van der Waals surface area (Å²) in [6.45, 7) is 7.62. The third-order valence-electron chi connectivity index (χ3n) is 8.43. The predicted molar refractivity (Wildman–Crippen MR) is 157 cm³/mol. The largest absolute Gasteiger partial charge is 1.00 e. The van der Waals surface area contributed by atoms with Crippen LogP contribution in [0, 0.1) is 11.8 Å². The lowest BCUT2D eigenvalue weighted by Gasteiger charge is -2.33. The molecule has 0 unspecified atom stereocenters. The van der Waals surface area contributed by atoms with E-state index in [1.807, 2.05) is 0 Å². The molecule has 1 amide bonds. The number of Topliss-reactive ketones (excluding diaryl/α,β-unsaturated/α-hetero) is 1. The van der Waals surface area contributed by atoms with Crippen LogP contribution in [0.2, 0.25) is 0 Å². The number of nitrogens with two attached hydrogens (primary N) is 4. The van der Waals surface area contributed by atoms with Crippen LogP contribution in [0.1, 0.15) is 96.3 Å². The highest BCUT2D eigenvalue weighted by molar-refractivity contribution is 5.78. The van der Waals surface area contributed by atoms with Gasteiger partial charge in [0.15, 0.2) is 0 Å². The van der Waals surface area contributed by atoms with Gasteiger partial charge < -0.3 is 39.9 Å². The molecule has 0 aromatic rings. The number of carbonyl (C=O) groups excluding carboxylic acids is 2. The first-order chi connectivity index (χ1) is 18.8. The monoisotopic (exact) mass is 620 g/mol. The molecule has 41 heavy (non-hydrogen) atoms. The SMILES string of the molecule is NC(=[NH2+])CCCCCC(=O)CCN1CCC(CCCC2CCN(CCC(=O)NCCC[NH+]=C(N)N)CC2)CC1.[Cl-].[Cl-]. The lowest BCUT2D eigenvalue weighted by molar-refractivity contribution is -0.459. The standard InChI is InChI=1S/C29H56N8O2.2ClH/c30-27(31)9-3-1-2-8-26(38)14-22-36-18-10-24(11-19-36)6-4-7-25-12-20-37(21-13-25)23-15-28(39)34-16-5-17-35-29(32)33;;/h24-25H,1-23H2,(H3,30,31)(H,34,39)(H4,32,33,35);2*1H. The average molecular weight is 622 g/mol. The zero-order chi connectivity index (χ0) is 28.3. The van der Waals surface area contributed by atoms with Gasteiger partial charge in [0.2, 0.25) is 11.7 Å². The van der Waals surface area contributed by atoms with Crippen LogP contribution in [0.3, 0.4) is 0 Å². The maximum absolute atomic E-state index is 12.2. The third kappa shape index (κ3) is 20.0. The Hall–Kier alpha value is -1.62. The minimum Gasteiger partial charge on any atom is -1.00 e. The molecular weight excluding hydrogens is 563 g/mol. The van der Waals surface area contributed by atoms with E-state index >= 15 is 0 Å². The highest BCUT2D eigenvalue weighted by atomic mass is 35.5. The highest BCUT2D eigenvalue weighted by Crippen LogP contribution is 2.27. The van der Waals surface area contributed by atoms with Gasteiger partial charge in [0, 0.05) is 45.3 Å². The number of nitrogens with zero attached hydrogens (tertiary/aromatic N) is 2. The van der Waals surface area contributed by atoms with E-state index in [4.69, 9.17) is 22.6 Å². The lowest BCUT2D eigenvalue weighted by atomic mass is 9.87. The van der Waals surface area contributed by atoms with Crippen LogP contribution in [0.5, 0.6) is 0 Å². The molecule has 240 valence electrons. The van der Waals surface area contributed by atoms with Crippen LogP contribution in [0.25, 0.3) is 0 Å². The van der Waals surface area contributed by atoms with Gasteiger partial charge >= 0.3 is 5.96 Å². The van der Waals surface area contributed by atoms with Gasteiger partial charge in [-0.2, -0.15) is 0 Å². The Kier molecular flexibility index (Phi) is 22.9. The number of hydrogen-bond donors (Lipinski definition) is 6. The number of carbonyl (C=O) groups is 2. The molecule has 0 atom stereocenters. The Balaban J connectivity index is 0.00000800. The van der Waals surface area contributed by atoms with Crippen LogP contribution >= 0.6 is 0 Å². The first-order valence-electron chi connectivity index (χ1n) is 15.5. The van der Waals surface area contributed by atoms with Crippen molar-refractivity contribution in [2.24, 2.45) is 29.0 Å². The van der Waals surface area contributed by atoms with Gasteiger partial charge in [0.25, 0.3) is 0 Å². The number of amidine groups is 1. The summed E-state index contributed by atoms with van der Waals surface area (Å²) in [5.74, 6) is 2.93. The predicted octanol–water partition coefficient (Wildman–Crippen LogP) is -7.13. The molecule has 2 aliphatic heterocycles. The van der Waals surface area contributed by atoms with E-state index in [1.165, 1.54) is 44.9 Å². The number of nitrogens with one attached hydrogen (secondary N) is 2. The van der Waals surface area contributed by atoms with Crippen LogP contribution in [0.15, 0.2) is 0 Å². The summed E-state index contributed by atoms with van der Waals surface area (Å²) < 4.78 is 0. The van der Waals surface area contributed by atoms with Crippen LogP contribution < -0.4 is 57.7 Å². The summed E-state index contributed by atoms with van der Waals surface area (Å²) in [6, 6.07) is 0. The number of ketones is 1. The second-order valence-electron chi connectivity index (χ2n) is 11.8. The van der Waals surface area contributed by atoms with Crippen molar-refractivity contribution < 1.29 is 44.8 Å². The van der Waals surface area contributed by atoms with E-state index in [9.17, 15) is 9.59 Å². The van der Waals surface area contributed by atoms with Gasteiger partial charge in [-0.3, -0.25) is 37.2 Å². The van der Waals surface area contributed by atoms with Crippen molar-refractivity contribution in [3.63, 3.8) is 0 Å². The molecule has 12 heteroatoms. The van der Waals surface area contributed by atoms with Gasteiger partial charge in [0.1, 0.15) is 5.78 Å². The Morgan fingerprint density at radius 2 is 1.27 bits per heavy atom. The molecule has 10 nitrogen and oxygen atoms in total. The second-order valence-corrected chi connectivity index (χ2v) is 11.8. The molecule has 10 N–H and O–H groups in total. The molecule has 2 heterocycles. The normalized spacial score (nSPS) is 16.8. The van der Waals surface area contributed by atoms with Gasteiger partial charge in [0.05, 0.1) is 6.54 Å². The zero-order valence-electron chi connectivity index (χ0n) is 25.2. The van der Waals surface area contributed by atoms with Crippen molar-refractivity contribution in [3.05, 3.63) is 0 Å². The van der Waals surface area contributed by atoms with Crippen molar-refractivity contribution in [2.75, 3.05) is 52.4 Å². The maximum Gasteiger partial charge on any atom is 0.338 e. The van der Waals surface area contributed by atoms with Crippen LogP contribution in [-0.4, -0.2) is 85.6 Å². The van der Waals surface area contributed by atoms with Crippen LogP contribution in [-0.2, 0) is 9.59 Å². The van der Waals surface area contributed by atoms with Crippen molar-refractivity contribution in [1.82, 2.24) is 15.1 Å². The first-order valence-corrected chi connectivity index (χ1v) is 15.5. The average Bonchev–Trinajstić information content (AvgIpc) is 2.91. The Morgan fingerprint density at radius 3 is 1.80 bits per heavy atom. The number of rotatable bonds is 20. The molecule has 2 saturated heterocycles. The molecular formula is C29H58Cl2N8O2. The first kappa shape index (κ1) is 39.4. The summed E-state index contributed by atoms with van der Waals surface area (Å²) >= 11 is 0. The van der Waals surface area contributed by atoms with E-state index < -0.39 is 0 Å². The van der Waals surface area contributed by atoms with Gasteiger partial charge in [-0.25, -0.2) is 0 Å². The lowest BCUT2D eigenvalue weighted by Crippen LogP contribution is -3.00. The van der Waals surface area contributed by atoms with Gasteiger partial charge in [-0.05, 0) is 83.0 Å². The molecule has 0 bridgehead atoms. The Labute approximate surface area is 260 Å². The van der Waals surface area contributed by atoms with Crippen molar-refractivity contribution in [1.29, 1.82) is 0 Å². The third-order valence-corrected chi connectivity index (χ3v) is 8.43. The molecule has 0 aromatic carbocycles. The van der Waals surface area contributed by atoms with Crippen molar-refractivity contribution in [3.8, 4) is 0 Å². The maximum atomic E-state index is 12.2. The smallest absolute Gasteiger partial charge is 0.338 e. The zero-order valence-corrected chi connectivity index (χ0v) is 26.7. The van der Waals surface area contributed by atoms with Gasteiger partial charge in [-0.15, -0.1) is 0 Å². The molecule has 0 saturated carbocycles. The van der Waals surface area contributed by atoms with E-state index in [-0.39, 0.29) is 36.7 Å². The van der Waals surface area contributed by atoms with Crippen molar-refractivity contribution >= 4 is 23.5 Å². The van der Waals surface area contributed by atoms with E-state index in [1.54, 1.807) is 0 Å². The number of piperidine rings is 2. The number of unbranched alkanes of at least 4 members (excludes halogenated alkanes) is 2. The quantitative estimate of drug-likeness (QED) is 0.0446. The number of hydrogen-bond acceptors (Lipinski definition) is 4. The summed E-state index contributed by atoms with van der Waals surface area (Å²) in [5.41, 5.74) is 16.2.